The van der Waals surface area contributed by atoms with E-state index < -0.39 is 5.97 Å². The Labute approximate surface area is 159 Å². The molecule has 0 spiro atoms. The number of halogens is 2. The van der Waals surface area contributed by atoms with E-state index >= 15 is 0 Å². The van der Waals surface area contributed by atoms with Crippen LogP contribution in [0.15, 0.2) is 71.4 Å². The van der Waals surface area contributed by atoms with E-state index in [1.165, 1.54) is 42.7 Å². The zero-order chi connectivity index (χ0) is 18.5. The molecule has 4 nitrogen and oxygen atoms in total. The van der Waals surface area contributed by atoms with Gasteiger partial charge in [0.05, 0.1) is 22.4 Å². The third kappa shape index (κ3) is 4.23. The van der Waals surface area contributed by atoms with Crippen LogP contribution in [0.4, 0.5) is 0 Å². The molecule has 0 amide bonds. The summed E-state index contributed by atoms with van der Waals surface area (Å²) in [6, 6.07) is 14.3. The number of hydrogen-bond donors (Lipinski definition) is 0. The minimum absolute atomic E-state index is 0.137. The lowest BCUT2D eigenvalue weighted by atomic mass is 10.1. The summed E-state index contributed by atoms with van der Waals surface area (Å²) < 4.78 is 10.5. The molecule has 0 bridgehead atoms. The van der Waals surface area contributed by atoms with Gasteiger partial charge in [-0.25, -0.2) is 4.79 Å². The van der Waals surface area contributed by atoms with Gasteiger partial charge in [-0.1, -0.05) is 35.3 Å². The maximum Gasteiger partial charge on any atom is 0.345 e. The molecule has 0 saturated heterocycles. The summed E-state index contributed by atoms with van der Waals surface area (Å²) in [7, 11) is 0. The molecule has 0 N–H and O–H groups in total. The Morgan fingerprint density at radius 3 is 2.50 bits per heavy atom. The van der Waals surface area contributed by atoms with Gasteiger partial charge in [-0.2, -0.15) is 0 Å². The molecule has 0 aliphatic heterocycles. The predicted molar refractivity (Wildman–Crippen MR) is 99.9 cm³/mol. The standard InChI is InChI=1S/C20H12Cl2O4/c21-13-7-9-15(17(22)12-13)20(24)26-19-6-2-1-5-16(19)18(23)10-8-14-4-3-11-25-14/h1-12H/b10-8+. The summed E-state index contributed by atoms with van der Waals surface area (Å²) in [6.45, 7) is 0. The number of hydrogen-bond acceptors (Lipinski definition) is 4. The summed E-state index contributed by atoms with van der Waals surface area (Å²) in [4.78, 5) is 24.8. The number of ether oxygens (including phenoxy) is 1. The van der Waals surface area contributed by atoms with Crippen molar-refractivity contribution in [3.05, 3.63) is 93.9 Å². The molecule has 3 rings (SSSR count). The monoisotopic (exact) mass is 386 g/mol. The number of rotatable bonds is 5. The molecule has 1 aromatic heterocycles. The van der Waals surface area contributed by atoms with Gasteiger partial charge in [-0.15, -0.1) is 0 Å². The molecule has 0 aliphatic rings. The zero-order valence-corrected chi connectivity index (χ0v) is 14.8. The van der Waals surface area contributed by atoms with Gasteiger partial charge in [0.1, 0.15) is 11.5 Å². The molecule has 3 aromatic rings. The summed E-state index contributed by atoms with van der Waals surface area (Å²) in [6.07, 6.45) is 4.40. The summed E-state index contributed by atoms with van der Waals surface area (Å²) in [5, 5.41) is 0.578. The largest absolute Gasteiger partial charge is 0.465 e. The van der Waals surface area contributed by atoms with Crippen LogP contribution in [0.2, 0.25) is 10.0 Å². The Bertz CT molecular complexity index is 975. The van der Waals surface area contributed by atoms with Gasteiger partial charge in [-0.05, 0) is 54.6 Å². The van der Waals surface area contributed by atoms with Crippen molar-refractivity contribution in [1.82, 2.24) is 0 Å². The number of carbonyl (C=O) groups is 2. The Hall–Kier alpha value is -2.82. The molecule has 1 heterocycles. The highest BCUT2D eigenvalue weighted by atomic mass is 35.5. The van der Waals surface area contributed by atoms with Crippen LogP contribution in [0, 0.1) is 0 Å². The van der Waals surface area contributed by atoms with Crippen molar-refractivity contribution in [2.75, 3.05) is 0 Å². The van der Waals surface area contributed by atoms with E-state index in [1.807, 2.05) is 0 Å². The lowest BCUT2D eigenvalue weighted by Gasteiger charge is -2.09. The fourth-order valence-corrected chi connectivity index (χ4v) is 2.69. The van der Waals surface area contributed by atoms with Crippen LogP contribution in [0.3, 0.4) is 0 Å². The van der Waals surface area contributed by atoms with E-state index in [-0.39, 0.29) is 27.7 Å². The van der Waals surface area contributed by atoms with E-state index in [1.54, 1.807) is 30.3 Å². The van der Waals surface area contributed by atoms with E-state index in [0.717, 1.165) is 0 Å². The van der Waals surface area contributed by atoms with Crippen molar-refractivity contribution in [1.29, 1.82) is 0 Å². The van der Waals surface area contributed by atoms with E-state index in [2.05, 4.69) is 0 Å². The van der Waals surface area contributed by atoms with Crippen molar-refractivity contribution >= 4 is 41.0 Å². The number of furan rings is 1. The molecular formula is C20H12Cl2O4. The van der Waals surface area contributed by atoms with Crippen molar-refractivity contribution in [2.24, 2.45) is 0 Å². The third-order valence-electron chi connectivity index (χ3n) is 3.45. The van der Waals surface area contributed by atoms with E-state index in [9.17, 15) is 9.59 Å². The molecular weight excluding hydrogens is 375 g/mol. The number of carbonyl (C=O) groups excluding carboxylic acids is 2. The first kappa shape index (κ1) is 18.0. The molecule has 0 aliphatic carbocycles. The topological polar surface area (TPSA) is 56.5 Å². The maximum absolute atomic E-state index is 12.4. The summed E-state index contributed by atoms with van der Waals surface area (Å²) in [5.41, 5.74) is 0.401. The average molecular weight is 387 g/mol. The van der Waals surface area contributed by atoms with E-state index in [0.29, 0.717) is 10.8 Å². The van der Waals surface area contributed by atoms with Crippen molar-refractivity contribution in [2.45, 2.75) is 0 Å². The summed E-state index contributed by atoms with van der Waals surface area (Å²) >= 11 is 11.9. The van der Waals surface area contributed by atoms with Crippen LogP contribution in [-0.4, -0.2) is 11.8 Å². The van der Waals surface area contributed by atoms with Crippen LogP contribution in [-0.2, 0) is 0 Å². The zero-order valence-electron chi connectivity index (χ0n) is 13.3. The second kappa shape index (κ2) is 8.04. The van der Waals surface area contributed by atoms with Crippen molar-refractivity contribution < 1.29 is 18.7 Å². The Kier molecular flexibility index (Phi) is 5.56. The first-order valence-electron chi connectivity index (χ1n) is 7.57. The fourth-order valence-electron chi connectivity index (χ4n) is 2.20. The summed E-state index contributed by atoms with van der Waals surface area (Å²) in [5.74, 6) is -0.327. The highest BCUT2D eigenvalue weighted by Crippen LogP contribution is 2.25. The second-order valence-corrected chi connectivity index (χ2v) is 6.07. The van der Waals surface area contributed by atoms with Crippen molar-refractivity contribution in [3.63, 3.8) is 0 Å². The van der Waals surface area contributed by atoms with Gasteiger partial charge in [-0.3, -0.25) is 4.79 Å². The number of allylic oxidation sites excluding steroid dienone is 1. The normalized spacial score (nSPS) is 10.8. The lowest BCUT2D eigenvalue weighted by molar-refractivity contribution is 0.0733. The maximum atomic E-state index is 12.4. The minimum atomic E-state index is -0.679. The smallest absolute Gasteiger partial charge is 0.345 e. The molecule has 0 fully saturated rings. The van der Waals surface area contributed by atoms with Crippen LogP contribution < -0.4 is 4.74 Å². The van der Waals surface area contributed by atoms with Crippen LogP contribution in [0.25, 0.3) is 6.08 Å². The van der Waals surface area contributed by atoms with Crippen LogP contribution in [0.1, 0.15) is 26.5 Å². The quantitative estimate of drug-likeness (QED) is 0.244. The van der Waals surface area contributed by atoms with Gasteiger partial charge in [0.15, 0.2) is 5.78 Å². The molecule has 0 radical (unpaired) electrons. The molecule has 26 heavy (non-hydrogen) atoms. The highest BCUT2D eigenvalue weighted by molar-refractivity contribution is 6.36. The third-order valence-corrected chi connectivity index (χ3v) is 4.00. The van der Waals surface area contributed by atoms with Gasteiger partial charge in [0.25, 0.3) is 0 Å². The van der Waals surface area contributed by atoms with Crippen molar-refractivity contribution in [3.8, 4) is 5.75 Å². The number of esters is 1. The fraction of sp³-hybridized carbons (Fsp3) is 0. The lowest BCUT2D eigenvalue weighted by Crippen LogP contribution is -2.11. The highest BCUT2D eigenvalue weighted by Gasteiger charge is 2.17. The van der Waals surface area contributed by atoms with Gasteiger partial charge < -0.3 is 9.15 Å². The Morgan fingerprint density at radius 2 is 1.77 bits per heavy atom. The number of ketones is 1. The first-order chi connectivity index (χ1) is 12.5. The number of benzene rings is 2. The predicted octanol–water partition coefficient (Wildman–Crippen LogP) is 5.70. The Morgan fingerprint density at radius 1 is 0.962 bits per heavy atom. The van der Waals surface area contributed by atoms with Gasteiger partial charge in [0, 0.05) is 5.02 Å². The van der Waals surface area contributed by atoms with Crippen LogP contribution in [0.5, 0.6) is 5.75 Å². The van der Waals surface area contributed by atoms with Gasteiger partial charge in [0.2, 0.25) is 0 Å². The first-order valence-corrected chi connectivity index (χ1v) is 8.32. The SMILES string of the molecule is O=C(Oc1ccccc1C(=O)/C=C/c1ccco1)c1ccc(Cl)cc1Cl. The molecule has 0 atom stereocenters. The molecule has 2 aromatic carbocycles. The molecule has 0 saturated carbocycles. The van der Waals surface area contributed by atoms with Crippen LogP contribution >= 0.6 is 23.2 Å². The molecule has 6 heteroatoms. The van der Waals surface area contributed by atoms with E-state index in [4.69, 9.17) is 32.4 Å². The minimum Gasteiger partial charge on any atom is -0.465 e. The molecule has 130 valence electrons. The average Bonchev–Trinajstić information content (AvgIpc) is 3.13. The second-order valence-electron chi connectivity index (χ2n) is 5.22. The Balaban J connectivity index is 1.82. The van der Waals surface area contributed by atoms with Gasteiger partial charge >= 0.3 is 5.97 Å². The number of para-hydroxylation sites is 1. The molecule has 0 unspecified atom stereocenters.